The van der Waals surface area contributed by atoms with Crippen LogP contribution in [-0.2, 0) is 39.9 Å². The molecule has 4 aromatic rings. The fraction of sp³-hybridized carbons (Fsp3) is 0.395. The summed E-state index contributed by atoms with van der Waals surface area (Å²) in [4.78, 5) is 64.0. The lowest BCUT2D eigenvalue weighted by Crippen LogP contribution is -2.54. The normalized spacial score (nSPS) is 17.0. The number of thiocarbonyl (C=S) groups is 1. The van der Waals surface area contributed by atoms with Crippen molar-refractivity contribution in [1.82, 2.24) is 20.1 Å². The van der Waals surface area contributed by atoms with Gasteiger partial charge in [0.1, 0.15) is 23.4 Å². The van der Waals surface area contributed by atoms with Crippen LogP contribution in [0.1, 0.15) is 70.0 Å². The number of rotatable bonds is 19. The minimum atomic E-state index is -1.05. The van der Waals surface area contributed by atoms with Crippen LogP contribution in [0.15, 0.2) is 66.9 Å². The van der Waals surface area contributed by atoms with Crippen LogP contribution in [0, 0.1) is 0 Å². The molecule has 1 atom stereocenters. The van der Waals surface area contributed by atoms with Gasteiger partial charge in [-0.2, -0.15) is 0 Å². The molecule has 3 aliphatic heterocycles. The van der Waals surface area contributed by atoms with Gasteiger partial charge >= 0.3 is 0 Å². The molecule has 15 nitrogen and oxygen atoms in total. The number of nitrogens with zero attached hydrogens (tertiary/aromatic N) is 2. The first kappa shape index (κ1) is 41.6. The number of hydrogen-bond acceptors (Lipinski definition) is 11. The summed E-state index contributed by atoms with van der Waals surface area (Å²) in [6.07, 6.45) is 4.39. The van der Waals surface area contributed by atoms with Crippen molar-refractivity contribution in [2.24, 2.45) is 5.73 Å². The molecule has 1 unspecified atom stereocenters. The van der Waals surface area contributed by atoms with Crippen molar-refractivity contribution in [3.8, 4) is 16.9 Å². The Morgan fingerprint density at radius 2 is 1.58 bits per heavy atom. The number of benzene rings is 3. The largest absolute Gasteiger partial charge is 0.490 e. The quantitative estimate of drug-likeness (QED) is 0.0706. The van der Waals surface area contributed by atoms with E-state index >= 15 is 0 Å². The van der Waals surface area contributed by atoms with Crippen LogP contribution >= 0.6 is 12.2 Å². The number of hydrogen-bond donors (Lipinski definition) is 3. The van der Waals surface area contributed by atoms with Gasteiger partial charge < -0.3 is 39.3 Å². The molecule has 0 saturated carbocycles. The second-order valence-corrected chi connectivity index (χ2v) is 14.9. The highest BCUT2D eigenvalue weighted by Gasteiger charge is 2.46. The molecule has 2 fully saturated rings. The van der Waals surface area contributed by atoms with Crippen LogP contribution in [0.3, 0.4) is 0 Å². The van der Waals surface area contributed by atoms with E-state index in [9.17, 15) is 24.0 Å². The Kier molecular flexibility index (Phi) is 13.8. The molecule has 1 aromatic heterocycles. The van der Waals surface area contributed by atoms with Gasteiger partial charge in [0.2, 0.25) is 17.7 Å². The summed E-state index contributed by atoms with van der Waals surface area (Å²) in [5, 5.41) is 6.31. The third kappa shape index (κ3) is 9.86. The Labute approximate surface area is 346 Å². The van der Waals surface area contributed by atoms with Gasteiger partial charge in [-0.05, 0) is 54.7 Å². The van der Waals surface area contributed by atoms with E-state index in [1.165, 1.54) is 6.07 Å². The fourth-order valence-electron chi connectivity index (χ4n) is 7.55. The number of aromatic nitrogens is 1. The number of piperidine rings is 1. The maximum absolute atomic E-state index is 13.2. The molecule has 3 aromatic carbocycles. The van der Waals surface area contributed by atoms with Gasteiger partial charge in [-0.15, -0.1) is 0 Å². The van der Waals surface area contributed by atoms with E-state index in [0.717, 1.165) is 64.1 Å². The fourth-order valence-corrected chi connectivity index (χ4v) is 7.68. The number of carbonyl (C=O) groups is 5. The highest BCUT2D eigenvalue weighted by atomic mass is 32.1. The molecule has 5 amide bonds. The topological polar surface area (TPSA) is 190 Å². The molecule has 2 saturated heterocycles. The highest BCUT2D eigenvalue weighted by Crippen LogP contribution is 2.37. The Hall–Kier alpha value is -5.52. The zero-order valence-corrected chi connectivity index (χ0v) is 33.4. The Balaban J connectivity index is 0.781. The lowest BCUT2D eigenvalue weighted by molar-refractivity contribution is -0.136. The Morgan fingerprint density at radius 3 is 2.32 bits per heavy atom. The molecule has 0 aliphatic carbocycles. The number of imide groups is 2. The van der Waals surface area contributed by atoms with Crippen molar-refractivity contribution < 1.29 is 47.7 Å². The number of fused-ring (bicyclic) bond motifs is 2. The summed E-state index contributed by atoms with van der Waals surface area (Å²) in [5.74, 6) is -2.23. The first-order valence-electron chi connectivity index (χ1n) is 19.8. The van der Waals surface area contributed by atoms with Crippen molar-refractivity contribution in [3.05, 3.63) is 89.1 Å². The number of carbonyl (C=O) groups excluding carboxylic acids is 5. The van der Waals surface area contributed by atoms with E-state index < -0.39 is 29.7 Å². The molecule has 4 N–H and O–H groups in total. The average molecular weight is 826 g/mol. The van der Waals surface area contributed by atoms with E-state index in [1.54, 1.807) is 12.1 Å². The number of nitrogens with one attached hydrogen (secondary N) is 2. The van der Waals surface area contributed by atoms with E-state index in [1.807, 2.05) is 24.3 Å². The van der Waals surface area contributed by atoms with Gasteiger partial charge in [0.05, 0.1) is 50.8 Å². The predicted molar refractivity (Wildman–Crippen MR) is 220 cm³/mol. The second kappa shape index (κ2) is 19.5. The molecular formula is C43H47N5O10S. The Bertz CT molecular complexity index is 2240. The standard InChI is InChI=1S/C43H47N5O10S/c44-40(59)29-4-1-3-28(24-29)33-26-47(30-11-14-54-15-12-30)35-23-27(7-8-31(33)35)25-45-37(49)13-16-55-17-18-56-19-20-57-21-22-58-36-6-2-5-32-39(36)43(53)48(42(32)52)34-9-10-38(50)46-41(34)51/h1-8,23-24,26,30,34H,9-22,25H2,(H2,44,59)(H,45,49)(H,46,50,51). The molecule has 3 aliphatic rings. The molecule has 0 radical (unpaired) electrons. The average Bonchev–Trinajstić information content (AvgIpc) is 3.75. The molecule has 310 valence electrons. The van der Waals surface area contributed by atoms with Crippen molar-refractivity contribution in [1.29, 1.82) is 0 Å². The first-order chi connectivity index (χ1) is 28.7. The maximum Gasteiger partial charge on any atom is 0.266 e. The molecule has 4 heterocycles. The van der Waals surface area contributed by atoms with E-state index in [2.05, 4.69) is 39.6 Å². The van der Waals surface area contributed by atoms with Crippen LogP contribution in [0.4, 0.5) is 0 Å². The summed E-state index contributed by atoms with van der Waals surface area (Å²) in [6.45, 7) is 3.66. The molecular weight excluding hydrogens is 779 g/mol. The third-order valence-electron chi connectivity index (χ3n) is 10.6. The number of amides is 5. The summed E-state index contributed by atoms with van der Waals surface area (Å²) in [7, 11) is 0. The SMILES string of the molecule is NC(=S)c1cccc(-c2cn(C3CCOCC3)c3cc(CNC(=O)CCOCCOCCOCCOc4cccc5c4C(=O)N(C4CCC(=O)NC4=O)C5=O)ccc23)c1. The minimum Gasteiger partial charge on any atom is -0.490 e. The lowest BCUT2D eigenvalue weighted by Gasteiger charge is -2.27. The van der Waals surface area contributed by atoms with Crippen molar-refractivity contribution in [3.63, 3.8) is 0 Å². The van der Waals surface area contributed by atoms with Gasteiger partial charge in [0, 0.05) is 66.9 Å². The third-order valence-corrected chi connectivity index (χ3v) is 10.8. The number of nitrogens with two attached hydrogens (primary N) is 1. The molecule has 0 bridgehead atoms. The summed E-state index contributed by atoms with van der Waals surface area (Å²) < 4.78 is 30.5. The van der Waals surface area contributed by atoms with Crippen molar-refractivity contribution in [2.45, 2.75) is 50.7 Å². The smallest absolute Gasteiger partial charge is 0.266 e. The zero-order chi connectivity index (χ0) is 41.3. The van der Waals surface area contributed by atoms with Crippen LogP contribution in [0.2, 0.25) is 0 Å². The van der Waals surface area contributed by atoms with Gasteiger partial charge in [0.25, 0.3) is 11.8 Å². The second-order valence-electron chi connectivity index (χ2n) is 14.4. The maximum atomic E-state index is 13.2. The van der Waals surface area contributed by atoms with Gasteiger partial charge in [-0.1, -0.05) is 48.6 Å². The van der Waals surface area contributed by atoms with Gasteiger partial charge in [0.15, 0.2) is 0 Å². The highest BCUT2D eigenvalue weighted by molar-refractivity contribution is 7.80. The molecule has 16 heteroatoms. The van der Waals surface area contributed by atoms with Crippen LogP contribution in [0.25, 0.3) is 22.0 Å². The van der Waals surface area contributed by atoms with Crippen molar-refractivity contribution >= 4 is 57.6 Å². The first-order valence-corrected chi connectivity index (χ1v) is 20.2. The van der Waals surface area contributed by atoms with Crippen molar-refractivity contribution in [2.75, 3.05) is 59.5 Å². The minimum absolute atomic E-state index is 0.0411. The van der Waals surface area contributed by atoms with E-state index in [-0.39, 0.29) is 61.9 Å². The zero-order valence-electron chi connectivity index (χ0n) is 32.6. The van der Waals surface area contributed by atoms with Crippen LogP contribution < -0.4 is 21.1 Å². The summed E-state index contributed by atoms with van der Waals surface area (Å²) >= 11 is 5.23. The van der Waals surface area contributed by atoms with Crippen LogP contribution in [0.5, 0.6) is 5.75 Å². The van der Waals surface area contributed by atoms with Gasteiger partial charge in [-0.3, -0.25) is 34.2 Å². The number of ether oxygens (including phenoxy) is 5. The van der Waals surface area contributed by atoms with E-state index in [4.69, 9.17) is 41.6 Å². The Morgan fingerprint density at radius 1 is 0.847 bits per heavy atom. The van der Waals surface area contributed by atoms with Gasteiger partial charge in [-0.25, -0.2) is 0 Å². The molecule has 59 heavy (non-hydrogen) atoms. The summed E-state index contributed by atoms with van der Waals surface area (Å²) in [5.41, 5.74) is 11.2. The monoisotopic (exact) mass is 825 g/mol. The lowest BCUT2D eigenvalue weighted by atomic mass is 10.0. The predicted octanol–water partition coefficient (Wildman–Crippen LogP) is 3.83. The molecule has 7 rings (SSSR count). The van der Waals surface area contributed by atoms with Crippen LogP contribution in [-0.4, -0.2) is 109 Å². The summed E-state index contributed by atoms with van der Waals surface area (Å²) in [6, 6.07) is 18.2. The molecule has 0 spiro atoms. The van der Waals surface area contributed by atoms with E-state index in [0.29, 0.717) is 44.0 Å².